The highest BCUT2D eigenvalue weighted by atomic mass is 32.2. The molecule has 160 valence electrons. The van der Waals surface area contributed by atoms with E-state index in [1.807, 2.05) is 12.5 Å². The summed E-state index contributed by atoms with van der Waals surface area (Å²) in [6.07, 6.45) is 6.25. The number of aliphatic carboxylic acids is 1. The number of hydrogen-bond acceptors (Lipinski definition) is 7. The maximum absolute atomic E-state index is 12.8. The molecule has 1 saturated heterocycles. The van der Waals surface area contributed by atoms with E-state index in [9.17, 15) is 19.2 Å². The second kappa shape index (κ2) is 13.7. The average Bonchev–Trinajstić information content (AvgIpc) is 3.20. The predicted octanol–water partition coefficient (Wildman–Crippen LogP) is -0.585. The Morgan fingerprint density at radius 3 is 2.14 bits per heavy atom. The third-order valence-electron chi connectivity index (χ3n) is 4.28. The summed E-state index contributed by atoms with van der Waals surface area (Å²) in [6, 6.07) is -1.89. The number of nitrogens with one attached hydrogen (secondary N) is 4. The topological polar surface area (TPSA) is 137 Å². The Hall–Kier alpha value is -1.46. The molecule has 1 fully saturated rings. The van der Waals surface area contributed by atoms with Crippen LogP contribution in [0, 0.1) is 0 Å². The van der Waals surface area contributed by atoms with Gasteiger partial charge in [-0.25, -0.2) is 0 Å². The van der Waals surface area contributed by atoms with E-state index < -0.39 is 36.4 Å². The van der Waals surface area contributed by atoms with Crippen molar-refractivity contribution in [3.8, 4) is 0 Å². The summed E-state index contributed by atoms with van der Waals surface area (Å²) in [5, 5.41) is 19.6. The summed E-state index contributed by atoms with van der Waals surface area (Å²) < 4.78 is 0. The van der Waals surface area contributed by atoms with Crippen LogP contribution in [-0.4, -0.2) is 84.0 Å². The minimum Gasteiger partial charge on any atom is -0.480 e. The number of hydrogen-bond donors (Lipinski definition) is 5. The van der Waals surface area contributed by atoms with Gasteiger partial charge in [-0.15, -0.1) is 0 Å². The summed E-state index contributed by atoms with van der Waals surface area (Å²) in [6.45, 7) is 0.269. The first kappa shape index (κ1) is 24.6. The van der Waals surface area contributed by atoms with E-state index in [4.69, 9.17) is 5.11 Å². The molecule has 0 aliphatic carbocycles. The molecular formula is C17H30N4O5S2. The molecule has 3 amide bonds. The molecule has 1 aliphatic rings. The normalized spacial score (nSPS) is 18.1. The number of amides is 3. The lowest BCUT2D eigenvalue weighted by atomic mass is 10.1. The first-order valence-corrected chi connectivity index (χ1v) is 12.0. The van der Waals surface area contributed by atoms with Crippen molar-refractivity contribution >= 4 is 47.2 Å². The van der Waals surface area contributed by atoms with Gasteiger partial charge in [-0.3, -0.25) is 19.2 Å². The summed E-state index contributed by atoms with van der Waals surface area (Å²) in [5.74, 6) is -1.04. The second-order valence-electron chi connectivity index (χ2n) is 6.45. The third-order valence-corrected chi connectivity index (χ3v) is 5.57. The van der Waals surface area contributed by atoms with Crippen LogP contribution >= 0.6 is 23.5 Å². The molecule has 3 atom stereocenters. The van der Waals surface area contributed by atoms with Crippen molar-refractivity contribution in [3.63, 3.8) is 0 Å². The molecule has 1 aliphatic heterocycles. The van der Waals surface area contributed by atoms with Crippen LogP contribution in [0.3, 0.4) is 0 Å². The van der Waals surface area contributed by atoms with E-state index >= 15 is 0 Å². The summed E-state index contributed by atoms with van der Waals surface area (Å²) in [7, 11) is 0. The Kier molecular flexibility index (Phi) is 12.0. The van der Waals surface area contributed by atoms with Gasteiger partial charge in [-0.2, -0.15) is 23.5 Å². The fraction of sp³-hybridized carbons (Fsp3) is 0.765. The van der Waals surface area contributed by atoms with Gasteiger partial charge in [-0.05, 0) is 56.2 Å². The Labute approximate surface area is 173 Å². The highest BCUT2D eigenvalue weighted by molar-refractivity contribution is 7.98. The Morgan fingerprint density at radius 1 is 1.04 bits per heavy atom. The van der Waals surface area contributed by atoms with E-state index in [2.05, 4.69) is 21.3 Å². The summed E-state index contributed by atoms with van der Waals surface area (Å²) in [4.78, 5) is 48.1. The molecule has 0 aromatic carbocycles. The molecule has 5 N–H and O–H groups in total. The predicted molar refractivity (Wildman–Crippen MR) is 112 cm³/mol. The minimum atomic E-state index is -1.16. The van der Waals surface area contributed by atoms with Crippen molar-refractivity contribution in [3.05, 3.63) is 0 Å². The van der Waals surface area contributed by atoms with Gasteiger partial charge in [0.1, 0.15) is 18.6 Å². The second-order valence-corrected chi connectivity index (χ2v) is 8.42. The first-order valence-electron chi connectivity index (χ1n) is 9.20. The molecular weight excluding hydrogens is 404 g/mol. The number of rotatable bonds is 13. The molecule has 0 spiro atoms. The van der Waals surface area contributed by atoms with Crippen molar-refractivity contribution in [2.24, 2.45) is 0 Å². The van der Waals surface area contributed by atoms with Gasteiger partial charge in [0.2, 0.25) is 17.7 Å². The van der Waals surface area contributed by atoms with Gasteiger partial charge in [0, 0.05) is 0 Å². The van der Waals surface area contributed by atoms with Crippen LogP contribution in [0.15, 0.2) is 0 Å². The molecule has 28 heavy (non-hydrogen) atoms. The fourth-order valence-corrected chi connectivity index (χ4v) is 3.69. The fourth-order valence-electron chi connectivity index (χ4n) is 2.75. The van der Waals surface area contributed by atoms with Gasteiger partial charge in [0.25, 0.3) is 0 Å². The molecule has 1 rings (SSSR count). The molecule has 11 heteroatoms. The molecule has 0 saturated carbocycles. The van der Waals surface area contributed by atoms with E-state index in [-0.39, 0.29) is 11.9 Å². The van der Waals surface area contributed by atoms with Gasteiger partial charge in [-0.1, -0.05) is 0 Å². The van der Waals surface area contributed by atoms with Crippen LogP contribution in [0.2, 0.25) is 0 Å². The van der Waals surface area contributed by atoms with E-state index in [0.717, 1.165) is 19.4 Å². The Morgan fingerprint density at radius 2 is 1.64 bits per heavy atom. The zero-order valence-electron chi connectivity index (χ0n) is 16.3. The number of carbonyl (C=O) groups excluding carboxylic acids is 3. The van der Waals surface area contributed by atoms with Gasteiger partial charge in [0.15, 0.2) is 0 Å². The van der Waals surface area contributed by atoms with Crippen molar-refractivity contribution in [1.82, 2.24) is 21.3 Å². The first-order chi connectivity index (χ1) is 13.4. The quantitative estimate of drug-likeness (QED) is 0.260. The van der Waals surface area contributed by atoms with E-state index in [1.54, 1.807) is 11.8 Å². The van der Waals surface area contributed by atoms with Crippen molar-refractivity contribution in [2.45, 2.75) is 43.8 Å². The van der Waals surface area contributed by atoms with E-state index in [0.29, 0.717) is 24.3 Å². The molecule has 1 heterocycles. The van der Waals surface area contributed by atoms with Crippen molar-refractivity contribution < 1.29 is 24.3 Å². The highest BCUT2D eigenvalue weighted by Gasteiger charge is 2.29. The molecule has 3 unspecified atom stereocenters. The molecule has 9 nitrogen and oxygen atoms in total. The molecule has 0 radical (unpaired) electrons. The van der Waals surface area contributed by atoms with Gasteiger partial charge < -0.3 is 26.4 Å². The van der Waals surface area contributed by atoms with Crippen LogP contribution in [0.25, 0.3) is 0 Å². The Bertz CT molecular complexity index is 544. The van der Waals surface area contributed by atoms with Crippen LogP contribution in [-0.2, 0) is 19.2 Å². The molecule has 0 aromatic rings. The number of thioether (sulfide) groups is 2. The largest absolute Gasteiger partial charge is 0.480 e. The molecule has 0 bridgehead atoms. The standard InChI is InChI=1S/C17H30N4O5S2/c1-27-8-5-12(15(24)19-10-14(22)23)20-17(26)13(6-9-28-2)21-16(25)11-4-3-7-18-11/h11-13,18H,3-10H2,1-2H3,(H,19,24)(H,20,26)(H,21,25)(H,22,23). The lowest BCUT2D eigenvalue weighted by Crippen LogP contribution is -2.56. The van der Waals surface area contributed by atoms with Crippen LogP contribution in [0.1, 0.15) is 25.7 Å². The van der Waals surface area contributed by atoms with Gasteiger partial charge in [0.05, 0.1) is 6.04 Å². The zero-order valence-corrected chi connectivity index (χ0v) is 17.9. The number of carbonyl (C=O) groups is 4. The third kappa shape index (κ3) is 9.16. The molecule has 0 aromatic heterocycles. The number of carboxylic acid groups (broad SMARTS) is 1. The maximum atomic E-state index is 12.8. The van der Waals surface area contributed by atoms with Crippen LogP contribution in [0.4, 0.5) is 0 Å². The zero-order chi connectivity index (χ0) is 20.9. The Balaban J connectivity index is 2.73. The lowest BCUT2D eigenvalue weighted by Gasteiger charge is -2.24. The average molecular weight is 435 g/mol. The van der Waals surface area contributed by atoms with Crippen LogP contribution < -0.4 is 21.3 Å². The van der Waals surface area contributed by atoms with Crippen molar-refractivity contribution in [2.75, 3.05) is 37.1 Å². The minimum absolute atomic E-state index is 0.213. The lowest BCUT2D eigenvalue weighted by molar-refractivity contribution is -0.138. The van der Waals surface area contributed by atoms with E-state index in [1.165, 1.54) is 11.8 Å². The summed E-state index contributed by atoms with van der Waals surface area (Å²) in [5.41, 5.74) is 0. The smallest absolute Gasteiger partial charge is 0.322 e. The van der Waals surface area contributed by atoms with Crippen LogP contribution in [0.5, 0.6) is 0 Å². The summed E-state index contributed by atoms with van der Waals surface area (Å²) >= 11 is 3.08. The SMILES string of the molecule is CSCCC(NC(=O)C(CCSC)NC(=O)C1CCCN1)C(=O)NCC(=O)O. The van der Waals surface area contributed by atoms with Gasteiger partial charge >= 0.3 is 5.97 Å². The maximum Gasteiger partial charge on any atom is 0.322 e. The van der Waals surface area contributed by atoms with Crippen molar-refractivity contribution in [1.29, 1.82) is 0 Å². The monoisotopic (exact) mass is 434 g/mol. The highest BCUT2D eigenvalue weighted by Crippen LogP contribution is 2.08. The number of carboxylic acids is 1.